The lowest BCUT2D eigenvalue weighted by atomic mass is 10.3. The number of hydrogen-bond acceptors (Lipinski definition) is 5. The minimum atomic E-state index is -4.24. The van der Waals surface area contributed by atoms with Crippen LogP contribution in [-0.2, 0) is 19.9 Å². The molecule has 0 spiro atoms. The molecule has 0 N–H and O–H groups in total. The Morgan fingerprint density at radius 1 is 1.32 bits per heavy atom. The zero-order valence-corrected chi connectivity index (χ0v) is 11.8. The first kappa shape index (κ1) is 15.6. The molecule has 19 heavy (non-hydrogen) atoms. The number of hydrogen-bond donors (Lipinski definition) is 0. The minimum Gasteiger partial charge on any atom is -0.224 e. The maximum absolute atomic E-state index is 13.6. The van der Waals surface area contributed by atoms with Crippen molar-refractivity contribution in [1.29, 1.82) is 5.26 Å². The molecule has 1 aromatic carbocycles. The molecular weight excluding hydrogens is 295 g/mol. The number of sulfone groups is 1. The van der Waals surface area contributed by atoms with E-state index in [2.05, 4.69) is 0 Å². The van der Waals surface area contributed by atoms with Gasteiger partial charge in [-0.1, -0.05) is 0 Å². The number of nitrogens with zero attached hydrogens (tertiary/aromatic N) is 2. The van der Waals surface area contributed by atoms with Gasteiger partial charge in [-0.25, -0.2) is 21.2 Å². The molecule has 0 heterocycles. The van der Waals surface area contributed by atoms with Gasteiger partial charge in [-0.3, -0.25) is 0 Å². The second-order valence-electron chi connectivity index (χ2n) is 3.78. The lowest BCUT2D eigenvalue weighted by Crippen LogP contribution is -2.28. The molecule has 0 unspecified atom stereocenters. The second-order valence-corrected chi connectivity index (χ2v) is 7.81. The third-order valence-electron chi connectivity index (χ3n) is 2.31. The number of benzene rings is 1. The number of halogens is 1. The van der Waals surface area contributed by atoms with Crippen LogP contribution in [0.3, 0.4) is 0 Å². The molecule has 0 aliphatic carbocycles. The Morgan fingerprint density at radius 3 is 2.37 bits per heavy atom. The predicted molar refractivity (Wildman–Crippen MR) is 64.9 cm³/mol. The molecule has 104 valence electrons. The third-order valence-corrected chi connectivity index (χ3v) is 5.24. The van der Waals surface area contributed by atoms with Crippen LogP contribution in [0.4, 0.5) is 4.39 Å². The molecule has 0 saturated heterocycles. The summed E-state index contributed by atoms with van der Waals surface area (Å²) in [5.74, 6) is -1.07. The second kappa shape index (κ2) is 5.24. The van der Waals surface area contributed by atoms with Crippen LogP contribution in [-0.4, -0.2) is 41.0 Å². The van der Waals surface area contributed by atoms with E-state index in [9.17, 15) is 21.2 Å². The number of sulfonamides is 1. The van der Waals surface area contributed by atoms with Crippen LogP contribution in [0.5, 0.6) is 0 Å². The van der Waals surface area contributed by atoms with E-state index in [0.717, 1.165) is 31.5 Å². The lowest BCUT2D eigenvalue weighted by Gasteiger charge is -2.14. The summed E-state index contributed by atoms with van der Waals surface area (Å²) in [5.41, 5.74) is 0. The molecule has 9 heteroatoms. The van der Waals surface area contributed by atoms with E-state index in [0.29, 0.717) is 4.31 Å². The van der Waals surface area contributed by atoms with Gasteiger partial charge in [0.1, 0.15) is 17.3 Å². The average molecular weight is 306 g/mol. The van der Waals surface area contributed by atoms with Gasteiger partial charge in [0.2, 0.25) is 10.0 Å². The summed E-state index contributed by atoms with van der Waals surface area (Å²) in [4.78, 5) is -1.08. The summed E-state index contributed by atoms with van der Waals surface area (Å²) in [6.07, 6.45) is 0.885. The molecule has 0 aliphatic heterocycles. The Bertz CT molecular complexity index is 735. The van der Waals surface area contributed by atoms with Gasteiger partial charge >= 0.3 is 0 Å². The Kier molecular flexibility index (Phi) is 4.29. The smallest absolute Gasteiger partial charge is 0.224 e. The minimum absolute atomic E-state index is 0.308. The molecular formula is C10H11FN2O4S2. The highest BCUT2D eigenvalue weighted by Gasteiger charge is 2.26. The summed E-state index contributed by atoms with van der Waals surface area (Å²) < 4.78 is 60.8. The number of rotatable bonds is 4. The van der Waals surface area contributed by atoms with Crippen LogP contribution in [0.15, 0.2) is 28.0 Å². The Morgan fingerprint density at radius 2 is 1.89 bits per heavy atom. The van der Waals surface area contributed by atoms with E-state index in [1.807, 2.05) is 0 Å². The van der Waals surface area contributed by atoms with Crippen molar-refractivity contribution in [2.24, 2.45) is 0 Å². The molecule has 0 bridgehead atoms. The van der Waals surface area contributed by atoms with Crippen molar-refractivity contribution in [2.75, 3.05) is 19.8 Å². The number of nitriles is 1. The topological polar surface area (TPSA) is 95.3 Å². The van der Waals surface area contributed by atoms with Gasteiger partial charge in [0.05, 0.1) is 11.0 Å². The quantitative estimate of drug-likeness (QED) is 0.591. The fraction of sp³-hybridized carbons (Fsp3) is 0.300. The highest BCUT2D eigenvalue weighted by atomic mass is 32.2. The first-order valence-corrected chi connectivity index (χ1v) is 8.26. The fourth-order valence-electron chi connectivity index (χ4n) is 1.26. The normalized spacial score (nSPS) is 12.4. The maximum atomic E-state index is 13.6. The van der Waals surface area contributed by atoms with Gasteiger partial charge in [-0.05, 0) is 18.2 Å². The standard InChI is InChI=1S/C10H11FN2O4S2/c1-13(6-5-12)19(16,17)10-7-8(18(2,14)15)3-4-9(10)11/h3-4,7H,6H2,1-2H3. The van der Waals surface area contributed by atoms with Crippen LogP contribution in [0.2, 0.25) is 0 Å². The first-order valence-electron chi connectivity index (χ1n) is 4.93. The molecule has 0 aliphatic rings. The molecule has 6 nitrogen and oxygen atoms in total. The molecule has 0 saturated carbocycles. The van der Waals surface area contributed by atoms with Crippen molar-refractivity contribution in [3.05, 3.63) is 24.0 Å². The van der Waals surface area contributed by atoms with E-state index in [1.54, 1.807) is 6.07 Å². The molecule has 1 rings (SSSR count). The predicted octanol–water partition coefficient (Wildman–Crippen LogP) is 0.373. The summed E-state index contributed by atoms with van der Waals surface area (Å²) in [6.45, 7) is -0.467. The summed E-state index contributed by atoms with van der Waals surface area (Å²) >= 11 is 0. The highest BCUT2D eigenvalue weighted by Crippen LogP contribution is 2.22. The van der Waals surface area contributed by atoms with E-state index in [1.165, 1.54) is 0 Å². The van der Waals surface area contributed by atoms with Crippen LogP contribution in [0.25, 0.3) is 0 Å². The van der Waals surface area contributed by atoms with Gasteiger partial charge < -0.3 is 0 Å². The van der Waals surface area contributed by atoms with Gasteiger partial charge in [0.25, 0.3) is 0 Å². The third kappa shape index (κ3) is 3.28. The van der Waals surface area contributed by atoms with E-state index >= 15 is 0 Å². The SMILES string of the molecule is CN(CC#N)S(=O)(=O)c1cc(S(C)(=O)=O)ccc1F. The largest absolute Gasteiger partial charge is 0.246 e. The van der Waals surface area contributed by atoms with Crippen molar-refractivity contribution in [2.45, 2.75) is 9.79 Å². The zero-order chi connectivity index (χ0) is 14.8. The van der Waals surface area contributed by atoms with E-state index in [-0.39, 0.29) is 4.90 Å². The Hall–Kier alpha value is -1.50. The molecule has 0 amide bonds. The summed E-state index contributed by atoms with van der Waals surface area (Å²) in [7, 11) is -6.80. The van der Waals surface area contributed by atoms with E-state index in [4.69, 9.17) is 5.26 Å². The molecule has 0 radical (unpaired) electrons. The van der Waals surface area contributed by atoms with Gasteiger partial charge in [0.15, 0.2) is 9.84 Å². The average Bonchev–Trinajstić information content (AvgIpc) is 2.28. The Balaban J connectivity index is 3.48. The van der Waals surface area contributed by atoms with Crippen molar-refractivity contribution in [3.63, 3.8) is 0 Å². The van der Waals surface area contributed by atoms with Gasteiger partial charge in [-0.2, -0.15) is 9.57 Å². The van der Waals surface area contributed by atoms with Crippen molar-refractivity contribution in [1.82, 2.24) is 4.31 Å². The molecule has 1 aromatic rings. The van der Waals surface area contributed by atoms with Crippen LogP contribution < -0.4 is 0 Å². The summed E-state index contributed by atoms with van der Waals surface area (Å²) in [5, 5.41) is 8.45. The van der Waals surface area contributed by atoms with Crippen molar-refractivity contribution < 1.29 is 21.2 Å². The molecule has 0 atom stereocenters. The van der Waals surface area contributed by atoms with Crippen LogP contribution in [0.1, 0.15) is 0 Å². The van der Waals surface area contributed by atoms with Crippen molar-refractivity contribution in [3.8, 4) is 6.07 Å². The van der Waals surface area contributed by atoms with Crippen LogP contribution in [0, 0.1) is 17.1 Å². The summed E-state index contributed by atoms with van der Waals surface area (Å²) in [6, 6.07) is 4.11. The maximum Gasteiger partial charge on any atom is 0.246 e. The van der Waals surface area contributed by atoms with E-state index < -0.39 is 37.1 Å². The molecule has 0 fully saturated rings. The lowest BCUT2D eigenvalue weighted by molar-refractivity contribution is 0.491. The van der Waals surface area contributed by atoms with Crippen LogP contribution >= 0.6 is 0 Å². The van der Waals surface area contributed by atoms with Crippen molar-refractivity contribution >= 4 is 19.9 Å². The highest BCUT2D eigenvalue weighted by molar-refractivity contribution is 7.91. The fourth-order valence-corrected chi connectivity index (χ4v) is 3.14. The van der Waals surface area contributed by atoms with Gasteiger partial charge in [0, 0.05) is 13.3 Å². The monoisotopic (exact) mass is 306 g/mol. The first-order chi connectivity index (χ1) is 8.60. The Labute approximate surface area is 111 Å². The zero-order valence-electron chi connectivity index (χ0n) is 10.2. The van der Waals surface area contributed by atoms with Gasteiger partial charge in [-0.15, -0.1) is 0 Å². The molecule has 0 aromatic heterocycles.